The van der Waals surface area contributed by atoms with Crippen molar-refractivity contribution in [3.05, 3.63) is 83.4 Å². The van der Waals surface area contributed by atoms with Crippen LogP contribution in [0.15, 0.2) is 66.7 Å². The summed E-state index contributed by atoms with van der Waals surface area (Å²) < 4.78 is 5.49. The molecule has 0 saturated heterocycles. The van der Waals surface area contributed by atoms with Crippen LogP contribution < -0.4 is 10.6 Å². The lowest BCUT2D eigenvalue weighted by Gasteiger charge is -2.16. The molecule has 8 nitrogen and oxygen atoms in total. The molecule has 0 heterocycles. The van der Waals surface area contributed by atoms with Crippen LogP contribution in [-0.2, 0) is 9.53 Å². The quantitative estimate of drug-likeness (QED) is 0.354. The first kappa shape index (κ1) is 23.8. The third-order valence-electron chi connectivity index (χ3n) is 6.14. The third-order valence-corrected chi connectivity index (χ3v) is 6.14. The molecule has 0 aliphatic heterocycles. The molecular weight excluding hydrogens is 448 g/mol. The van der Waals surface area contributed by atoms with Crippen molar-refractivity contribution >= 4 is 23.7 Å². The van der Waals surface area contributed by atoms with Gasteiger partial charge in [-0.25, -0.2) is 9.59 Å². The standard InChI is InChI=1S/C27H26N2O6/c1-16(25(31)29-23-14-17(26(32)33)10-11-24(23)30)12-13-28-27(34)35-15-22-20-8-4-2-6-18(20)19-7-3-5-9-21(19)22/h2-11,14,16,22,30H,12-13,15H2,1H3,(H,28,34)(H,29,31)(H,32,33). The Morgan fingerprint density at radius 2 is 1.60 bits per heavy atom. The Balaban J connectivity index is 1.26. The Bertz CT molecular complexity index is 1230. The molecule has 2 amide bonds. The number of carboxylic acids is 1. The fourth-order valence-electron chi connectivity index (χ4n) is 4.20. The molecule has 8 heteroatoms. The number of ether oxygens (including phenoxy) is 1. The van der Waals surface area contributed by atoms with Gasteiger partial charge in [-0.1, -0.05) is 55.5 Å². The molecule has 1 unspecified atom stereocenters. The van der Waals surface area contributed by atoms with E-state index in [2.05, 4.69) is 22.8 Å². The second-order valence-corrected chi connectivity index (χ2v) is 8.47. The fraction of sp³-hybridized carbons (Fsp3) is 0.222. The predicted octanol–water partition coefficient (Wildman–Crippen LogP) is 4.59. The number of phenols is 1. The molecule has 1 atom stereocenters. The van der Waals surface area contributed by atoms with E-state index in [1.54, 1.807) is 6.92 Å². The second-order valence-electron chi connectivity index (χ2n) is 8.47. The van der Waals surface area contributed by atoms with Crippen LogP contribution in [0, 0.1) is 5.92 Å². The van der Waals surface area contributed by atoms with Crippen LogP contribution in [-0.4, -0.2) is 41.3 Å². The van der Waals surface area contributed by atoms with Gasteiger partial charge in [0.25, 0.3) is 0 Å². The number of benzene rings is 3. The number of carbonyl (C=O) groups excluding carboxylic acids is 2. The number of carboxylic acid groups (broad SMARTS) is 1. The minimum Gasteiger partial charge on any atom is -0.506 e. The predicted molar refractivity (Wildman–Crippen MR) is 131 cm³/mol. The molecule has 0 bridgehead atoms. The van der Waals surface area contributed by atoms with E-state index in [4.69, 9.17) is 9.84 Å². The van der Waals surface area contributed by atoms with Crippen LogP contribution in [0.2, 0.25) is 0 Å². The van der Waals surface area contributed by atoms with Gasteiger partial charge in [-0.3, -0.25) is 4.79 Å². The van der Waals surface area contributed by atoms with E-state index >= 15 is 0 Å². The Labute approximate surface area is 202 Å². The van der Waals surface area contributed by atoms with Gasteiger partial charge in [0.2, 0.25) is 5.91 Å². The van der Waals surface area contributed by atoms with E-state index in [1.165, 1.54) is 18.2 Å². The van der Waals surface area contributed by atoms with Gasteiger partial charge in [0.15, 0.2) is 0 Å². The molecule has 4 N–H and O–H groups in total. The van der Waals surface area contributed by atoms with E-state index in [9.17, 15) is 19.5 Å². The SMILES string of the molecule is CC(CCNC(=O)OCC1c2ccccc2-c2ccccc21)C(=O)Nc1cc(C(=O)O)ccc1O. The molecule has 0 saturated carbocycles. The fourth-order valence-corrected chi connectivity index (χ4v) is 4.20. The molecule has 1 aliphatic rings. The molecule has 3 aromatic rings. The summed E-state index contributed by atoms with van der Waals surface area (Å²) in [6, 6.07) is 19.8. The van der Waals surface area contributed by atoms with Crippen LogP contribution in [0.25, 0.3) is 11.1 Å². The Morgan fingerprint density at radius 1 is 0.971 bits per heavy atom. The smallest absolute Gasteiger partial charge is 0.407 e. The lowest BCUT2D eigenvalue weighted by Crippen LogP contribution is -2.30. The number of amides is 2. The summed E-state index contributed by atoms with van der Waals surface area (Å²) in [5.74, 6) is -2.34. The first-order valence-electron chi connectivity index (χ1n) is 11.3. The minimum atomic E-state index is -1.17. The summed E-state index contributed by atoms with van der Waals surface area (Å²) in [6.45, 7) is 2.09. The molecular formula is C27H26N2O6. The summed E-state index contributed by atoms with van der Waals surface area (Å²) in [6.07, 6.45) is -0.235. The van der Waals surface area contributed by atoms with Crippen LogP contribution in [0.4, 0.5) is 10.5 Å². The number of aromatic hydroxyl groups is 1. The Hall–Kier alpha value is -4.33. The van der Waals surface area contributed by atoms with Gasteiger partial charge in [0.05, 0.1) is 11.3 Å². The number of fused-ring (bicyclic) bond motifs is 3. The minimum absolute atomic E-state index is 0.0197. The zero-order valence-corrected chi connectivity index (χ0v) is 19.2. The van der Waals surface area contributed by atoms with Gasteiger partial charge in [0.1, 0.15) is 12.4 Å². The highest BCUT2D eigenvalue weighted by Crippen LogP contribution is 2.44. The average molecular weight is 475 g/mol. The summed E-state index contributed by atoms with van der Waals surface area (Å²) in [7, 11) is 0. The second kappa shape index (κ2) is 10.3. The largest absolute Gasteiger partial charge is 0.506 e. The summed E-state index contributed by atoms with van der Waals surface area (Å²) >= 11 is 0. The molecule has 180 valence electrons. The van der Waals surface area contributed by atoms with Gasteiger partial charge in [-0.05, 0) is 46.9 Å². The zero-order chi connectivity index (χ0) is 24.9. The van der Waals surface area contributed by atoms with Gasteiger partial charge < -0.3 is 25.6 Å². The average Bonchev–Trinajstić information content (AvgIpc) is 3.17. The summed E-state index contributed by atoms with van der Waals surface area (Å²) in [5.41, 5.74) is 4.52. The number of anilines is 1. The van der Waals surface area contributed by atoms with Crippen molar-refractivity contribution in [1.29, 1.82) is 0 Å². The van der Waals surface area contributed by atoms with Gasteiger partial charge in [-0.2, -0.15) is 0 Å². The number of rotatable bonds is 8. The normalized spacial score (nSPS) is 12.8. The lowest BCUT2D eigenvalue weighted by molar-refractivity contribution is -0.119. The maximum atomic E-state index is 12.4. The number of hydrogen-bond donors (Lipinski definition) is 4. The van der Waals surface area contributed by atoms with Crippen molar-refractivity contribution in [2.24, 2.45) is 5.92 Å². The van der Waals surface area contributed by atoms with E-state index in [0.717, 1.165) is 22.3 Å². The molecule has 0 spiro atoms. The first-order chi connectivity index (χ1) is 16.8. The van der Waals surface area contributed by atoms with E-state index in [-0.39, 0.29) is 36.1 Å². The van der Waals surface area contributed by atoms with Crippen LogP contribution in [0.1, 0.15) is 40.7 Å². The summed E-state index contributed by atoms with van der Waals surface area (Å²) in [5, 5.41) is 24.2. The highest BCUT2D eigenvalue weighted by molar-refractivity contribution is 5.96. The van der Waals surface area contributed by atoms with E-state index < -0.39 is 23.9 Å². The zero-order valence-electron chi connectivity index (χ0n) is 19.2. The van der Waals surface area contributed by atoms with Crippen molar-refractivity contribution in [2.75, 3.05) is 18.5 Å². The van der Waals surface area contributed by atoms with E-state index in [0.29, 0.717) is 6.42 Å². The maximum absolute atomic E-state index is 12.4. The van der Waals surface area contributed by atoms with Gasteiger partial charge >= 0.3 is 12.1 Å². The third kappa shape index (κ3) is 5.27. The summed E-state index contributed by atoms with van der Waals surface area (Å²) in [4.78, 5) is 35.8. The molecule has 0 aromatic heterocycles. The van der Waals surface area contributed by atoms with Crippen molar-refractivity contribution in [3.63, 3.8) is 0 Å². The number of alkyl carbamates (subject to hydrolysis) is 1. The van der Waals surface area contributed by atoms with Crippen molar-refractivity contribution in [3.8, 4) is 16.9 Å². The molecule has 1 aliphatic carbocycles. The number of hydrogen-bond acceptors (Lipinski definition) is 5. The molecule has 0 radical (unpaired) electrons. The van der Waals surface area contributed by atoms with Crippen LogP contribution >= 0.6 is 0 Å². The molecule has 4 rings (SSSR count). The van der Waals surface area contributed by atoms with Crippen molar-refractivity contribution in [2.45, 2.75) is 19.3 Å². The number of phenolic OH excluding ortho intramolecular Hbond substituents is 1. The Kier molecular flexibility index (Phi) is 7.01. The maximum Gasteiger partial charge on any atom is 0.407 e. The molecule has 35 heavy (non-hydrogen) atoms. The number of nitrogens with one attached hydrogen (secondary N) is 2. The van der Waals surface area contributed by atoms with Crippen molar-refractivity contribution < 1.29 is 29.3 Å². The Morgan fingerprint density at radius 3 is 2.23 bits per heavy atom. The first-order valence-corrected chi connectivity index (χ1v) is 11.3. The monoisotopic (exact) mass is 474 g/mol. The van der Waals surface area contributed by atoms with Gasteiger partial charge in [-0.15, -0.1) is 0 Å². The topological polar surface area (TPSA) is 125 Å². The van der Waals surface area contributed by atoms with Crippen LogP contribution in [0.3, 0.4) is 0 Å². The van der Waals surface area contributed by atoms with Crippen molar-refractivity contribution in [1.82, 2.24) is 5.32 Å². The lowest BCUT2D eigenvalue weighted by atomic mass is 9.98. The molecule has 3 aromatic carbocycles. The highest BCUT2D eigenvalue weighted by atomic mass is 16.5. The highest BCUT2D eigenvalue weighted by Gasteiger charge is 2.29. The number of carbonyl (C=O) groups is 3. The van der Waals surface area contributed by atoms with Crippen LogP contribution in [0.5, 0.6) is 5.75 Å². The van der Waals surface area contributed by atoms with Gasteiger partial charge in [0, 0.05) is 18.4 Å². The van der Waals surface area contributed by atoms with E-state index in [1.807, 2.05) is 36.4 Å². The number of aromatic carboxylic acids is 1. The molecule has 0 fully saturated rings.